The quantitative estimate of drug-likeness (QED) is 0.422. The number of Topliss-reactive ketones (excluding diaryl/α,β-unsaturated/α-hetero) is 1. The van der Waals surface area contributed by atoms with Gasteiger partial charge in [0.15, 0.2) is 0 Å². The van der Waals surface area contributed by atoms with Crippen molar-refractivity contribution >= 4 is 35.1 Å². The Morgan fingerprint density at radius 1 is 1.05 bits per heavy atom. The summed E-state index contributed by atoms with van der Waals surface area (Å²) in [6.45, 7) is 7.89. The number of halogens is 5. The first-order valence-corrected chi connectivity index (χ1v) is 13.4. The molecule has 224 valence electrons. The number of ketones is 1. The second-order valence-corrected chi connectivity index (χ2v) is 11.0. The summed E-state index contributed by atoms with van der Waals surface area (Å²) in [6.07, 6.45) is -3.26. The number of alkyl halides is 3. The lowest BCUT2D eigenvalue weighted by Gasteiger charge is -2.31. The fourth-order valence-electron chi connectivity index (χ4n) is 4.70. The molecule has 1 fully saturated rings. The number of likely N-dealkylation sites (tertiary alicyclic amines) is 1. The number of nitrogens with zero attached hydrogens (tertiary/aromatic N) is 3. The van der Waals surface area contributed by atoms with E-state index in [0.29, 0.717) is 17.8 Å². The van der Waals surface area contributed by atoms with Crippen LogP contribution in [0.3, 0.4) is 0 Å². The number of amides is 3. The van der Waals surface area contributed by atoms with Crippen molar-refractivity contribution in [1.29, 1.82) is 0 Å². The summed E-state index contributed by atoms with van der Waals surface area (Å²) in [5.41, 5.74) is 0.846. The minimum absolute atomic E-state index is 0.0772. The molecular formula is C27H32ClF4N5O4. The molecule has 0 aliphatic carbocycles. The Balaban J connectivity index is 1.79. The molecule has 0 bridgehead atoms. The predicted molar refractivity (Wildman–Crippen MR) is 142 cm³/mol. The van der Waals surface area contributed by atoms with Crippen molar-refractivity contribution in [2.75, 3.05) is 6.54 Å². The molecule has 0 radical (unpaired) electrons. The normalized spacial score (nSPS) is 17.1. The zero-order chi connectivity index (χ0) is 30.8. The van der Waals surface area contributed by atoms with Crippen LogP contribution in [0.25, 0.3) is 5.69 Å². The van der Waals surface area contributed by atoms with Crippen LogP contribution in [0.1, 0.15) is 56.6 Å². The van der Waals surface area contributed by atoms with Gasteiger partial charge in [0.05, 0.1) is 34.2 Å². The van der Waals surface area contributed by atoms with E-state index in [1.54, 1.807) is 20.8 Å². The molecule has 2 aromatic rings. The number of hydrogen-bond donors (Lipinski definition) is 2. The zero-order valence-electron chi connectivity index (χ0n) is 23.2. The average molecular weight is 602 g/mol. The van der Waals surface area contributed by atoms with Crippen LogP contribution in [0.15, 0.2) is 24.4 Å². The van der Waals surface area contributed by atoms with E-state index in [0.717, 1.165) is 6.07 Å². The molecule has 2 N–H and O–H groups in total. The average Bonchev–Trinajstić information content (AvgIpc) is 3.51. The SMILES string of the molecule is Cc1c(C(=O)N[C@H](C(=O)N2CCC[C@H]2C(=O)N[C@H](C(=O)C(F)(F)F)C(C)C)C(C)C)cnn1-c1ccc(F)cc1Cl. The van der Waals surface area contributed by atoms with E-state index in [-0.39, 0.29) is 23.6 Å². The lowest BCUT2D eigenvalue weighted by molar-refractivity contribution is -0.175. The summed E-state index contributed by atoms with van der Waals surface area (Å²) in [6, 6.07) is -0.269. The first-order chi connectivity index (χ1) is 19.0. The molecule has 14 heteroatoms. The summed E-state index contributed by atoms with van der Waals surface area (Å²) >= 11 is 6.13. The van der Waals surface area contributed by atoms with Gasteiger partial charge in [-0.3, -0.25) is 19.2 Å². The number of nitrogens with one attached hydrogen (secondary N) is 2. The number of benzene rings is 1. The Labute approximate surface area is 239 Å². The van der Waals surface area contributed by atoms with Crippen LogP contribution in [0.4, 0.5) is 17.6 Å². The summed E-state index contributed by atoms with van der Waals surface area (Å²) in [5.74, 6) is -5.95. The second kappa shape index (κ2) is 12.6. The molecule has 9 nitrogen and oxygen atoms in total. The van der Waals surface area contributed by atoms with Crippen molar-refractivity contribution in [2.45, 2.75) is 71.8 Å². The maximum absolute atomic E-state index is 13.6. The van der Waals surface area contributed by atoms with E-state index < -0.39 is 65.5 Å². The van der Waals surface area contributed by atoms with Gasteiger partial charge in [-0.25, -0.2) is 9.07 Å². The largest absolute Gasteiger partial charge is 0.452 e. The lowest BCUT2D eigenvalue weighted by atomic mass is 9.98. The molecule has 3 atom stereocenters. The van der Waals surface area contributed by atoms with Crippen LogP contribution < -0.4 is 10.6 Å². The van der Waals surface area contributed by atoms with E-state index in [1.165, 1.54) is 41.8 Å². The van der Waals surface area contributed by atoms with Gasteiger partial charge in [-0.2, -0.15) is 18.3 Å². The highest BCUT2D eigenvalue weighted by atomic mass is 35.5. The fraction of sp³-hybridized carbons (Fsp3) is 0.519. The molecule has 1 aromatic heterocycles. The van der Waals surface area contributed by atoms with E-state index in [1.807, 2.05) is 0 Å². The van der Waals surface area contributed by atoms with E-state index >= 15 is 0 Å². The number of aromatic nitrogens is 2. The summed E-state index contributed by atoms with van der Waals surface area (Å²) in [7, 11) is 0. The number of carbonyl (C=O) groups excluding carboxylic acids is 4. The highest BCUT2D eigenvalue weighted by Crippen LogP contribution is 2.26. The van der Waals surface area contributed by atoms with Crippen molar-refractivity contribution in [2.24, 2.45) is 11.8 Å². The summed E-state index contributed by atoms with van der Waals surface area (Å²) in [4.78, 5) is 52.9. The smallest absolute Gasteiger partial charge is 0.344 e. The molecule has 0 saturated carbocycles. The highest BCUT2D eigenvalue weighted by Gasteiger charge is 2.46. The van der Waals surface area contributed by atoms with Gasteiger partial charge in [-0.1, -0.05) is 39.3 Å². The van der Waals surface area contributed by atoms with Crippen LogP contribution in [-0.2, 0) is 14.4 Å². The van der Waals surface area contributed by atoms with Crippen LogP contribution >= 0.6 is 11.6 Å². The van der Waals surface area contributed by atoms with Crippen molar-refractivity contribution in [1.82, 2.24) is 25.3 Å². The van der Waals surface area contributed by atoms with Gasteiger partial charge in [0, 0.05) is 6.54 Å². The number of hydrogen-bond acceptors (Lipinski definition) is 5. The van der Waals surface area contributed by atoms with Gasteiger partial charge in [0.2, 0.25) is 11.8 Å². The molecule has 1 aliphatic rings. The molecule has 3 amide bonds. The molecule has 2 heterocycles. The van der Waals surface area contributed by atoms with Crippen LogP contribution in [0, 0.1) is 24.6 Å². The summed E-state index contributed by atoms with van der Waals surface area (Å²) < 4.78 is 54.1. The number of carbonyl (C=O) groups is 4. The molecule has 0 spiro atoms. The first-order valence-electron chi connectivity index (χ1n) is 13.1. The first kappa shape index (κ1) is 32.0. The fourth-order valence-corrected chi connectivity index (χ4v) is 4.95. The maximum atomic E-state index is 13.6. The molecule has 1 aliphatic heterocycles. The maximum Gasteiger partial charge on any atom is 0.452 e. The van der Waals surface area contributed by atoms with E-state index in [9.17, 15) is 36.7 Å². The molecule has 41 heavy (non-hydrogen) atoms. The molecule has 1 aromatic carbocycles. The Morgan fingerprint density at radius 2 is 1.68 bits per heavy atom. The minimum Gasteiger partial charge on any atom is -0.344 e. The van der Waals surface area contributed by atoms with Gasteiger partial charge in [-0.05, 0) is 49.8 Å². The Hall–Kier alpha value is -3.48. The topological polar surface area (TPSA) is 113 Å². The minimum atomic E-state index is -5.13. The standard InChI is InChI=1S/C27H32ClF4N5O4/c1-13(2)21(23(38)27(30,31)32)34-25(40)20-7-6-10-36(20)26(41)22(14(3)4)35-24(39)17-12-33-37(15(17)5)19-9-8-16(29)11-18(19)28/h8-9,11-14,20-22H,6-7,10H2,1-5H3,(H,34,40)(H,35,39)/t20-,21-,22-/m0/s1. The lowest BCUT2D eigenvalue weighted by Crippen LogP contribution is -2.58. The van der Waals surface area contributed by atoms with Crippen molar-refractivity contribution < 1.29 is 36.7 Å². The van der Waals surface area contributed by atoms with Crippen LogP contribution in [0.2, 0.25) is 5.02 Å². The third kappa shape index (κ3) is 7.06. The Morgan fingerprint density at radius 3 is 2.24 bits per heavy atom. The highest BCUT2D eigenvalue weighted by molar-refractivity contribution is 6.32. The zero-order valence-corrected chi connectivity index (χ0v) is 23.9. The van der Waals surface area contributed by atoms with Crippen molar-refractivity contribution in [3.63, 3.8) is 0 Å². The molecule has 1 saturated heterocycles. The van der Waals surface area contributed by atoms with Crippen molar-refractivity contribution in [3.05, 3.63) is 46.5 Å². The van der Waals surface area contributed by atoms with Gasteiger partial charge < -0.3 is 15.5 Å². The monoisotopic (exact) mass is 601 g/mol. The van der Waals surface area contributed by atoms with Crippen LogP contribution in [-0.4, -0.2) is 69.0 Å². The number of rotatable bonds is 9. The Kier molecular flexibility index (Phi) is 9.83. The van der Waals surface area contributed by atoms with Gasteiger partial charge in [0.25, 0.3) is 11.7 Å². The van der Waals surface area contributed by atoms with E-state index in [2.05, 4.69) is 15.7 Å². The second-order valence-electron chi connectivity index (χ2n) is 10.6. The van der Waals surface area contributed by atoms with Crippen molar-refractivity contribution in [3.8, 4) is 5.69 Å². The van der Waals surface area contributed by atoms with Gasteiger partial charge >= 0.3 is 6.18 Å². The third-order valence-electron chi connectivity index (χ3n) is 6.98. The molecular weight excluding hydrogens is 570 g/mol. The van der Waals surface area contributed by atoms with Gasteiger partial charge in [-0.15, -0.1) is 0 Å². The molecule has 3 rings (SSSR count). The third-order valence-corrected chi connectivity index (χ3v) is 7.28. The van der Waals surface area contributed by atoms with E-state index in [4.69, 9.17) is 11.6 Å². The predicted octanol–water partition coefficient (Wildman–Crippen LogP) is 3.99. The van der Waals surface area contributed by atoms with Crippen LogP contribution in [0.5, 0.6) is 0 Å². The van der Waals surface area contributed by atoms with Gasteiger partial charge in [0.1, 0.15) is 17.9 Å². The Bertz CT molecular complexity index is 1330. The summed E-state index contributed by atoms with van der Waals surface area (Å²) in [5, 5.41) is 9.12. The molecule has 0 unspecified atom stereocenters.